The number of nitriles is 2. The van der Waals surface area contributed by atoms with E-state index in [1.165, 1.54) is 7.11 Å². The summed E-state index contributed by atoms with van der Waals surface area (Å²) in [5.74, 6) is -0.373. The average Bonchev–Trinajstić information content (AvgIpc) is 2.57. The standard InChI is InChI=1S/C18H19N3O2/c1-21(2)11-10-15(17(12-19)13-20)7-4-14-5-8-16(9-6-14)18(22)23-3/h5-6,8-11H,4,7H2,1-3H3/b11-10+. The summed E-state index contributed by atoms with van der Waals surface area (Å²) in [5.41, 5.74) is 2.33. The largest absolute Gasteiger partial charge is 0.465 e. The Morgan fingerprint density at radius 2 is 1.83 bits per heavy atom. The zero-order valence-corrected chi connectivity index (χ0v) is 13.5. The van der Waals surface area contributed by atoms with Crippen molar-refractivity contribution in [2.45, 2.75) is 12.8 Å². The van der Waals surface area contributed by atoms with E-state index in [9.17, 15) is 4.79 Å². The van der Waals surface area contributed by atoms with Gasteiger partial charge in [0.15, 0.2) is 0 Å². The number of carbonyl (C=O) groups is 1. The van der Waals surface area contributed by atoms with Crippen LogP contribution in [0.3, 0.4) is 0 Å². The molecule has 118 valence electrons. The fraction of sp³-hybridized carbons (Fsp3) is 0.278. The van der Waals surface area contributed by atoms with Crippen LogP contribution in [0.5, 0.6) is 0 Å². The summed E-state index contributed by atoms with van der Waals surface area (Å²) in [5, 5.41) is 18.1. The molecule has 0 spiro atoms. The van der Waals surface area contributed by atoms with Gasteiger partial charge in [0.05, 0.1) is 12.7 Å². The zero-order chi connectivity index (χ0) is 17.2. The van der Waals surface area contributed by atoms with E-state index in [4.69, 9.17) is 10.5 Å². The molecular weight excluding hydrogens is 290 g/mol. The predicted molar refractivity (Wildman–Crippen MR) is 87.2 cm³/mol. The third kappa shape index (κ3) is 5.68. The third-order valence-electron chi connectivity index (χ3n) is 3.18. The van der Waals surface area contributed by atoms with Crippen molar-refractivity contribution in [3.05, 3.63) is 58.8 Å². The normalized spacial score (nSPS) is 9.78. The predicted octanol–water partition coefficient (Wildman–Crippen LogP) is 2.82. The maximum atomic E-state index is 11.4. The van der Waals surface area contributed by atoms with Gasteiger partial charge in [-0.2, -0.15) is 10.5 Å². The first-order valence-corrected chi connectivity index (χ1v) is 7.07. The van der Waals surface area contributed by atoms with Gasteiger partial charge in [-0.3, -0.25) is 0 Å². The van der Waals surface area contributed by atoms with Crippen LogP contribution in [-0.4, -0.2) is 32.1 Å². The molecule has 0 heterocycles. The van der Waals surface area contributed by atoms with Gasteiger partial charge in [-0.25, -0.2) is 4.79 Å². The summed E-state index contributed by atoms with van der Waals surface area (Å²) in [4.78, 5) is 13.2. The van der Waals surface area contributed by atoms with Crippen LogP contribution in [0.2, 0.25) is 0 Å². The number of aryl methyl sites for hydroxylation is 1. The van der Waals surface area contributed by atoms with E-state index in [0.29, 0.717) is 24.0 Å². The fourth-order valence-corrected chi connectivity index (χ4v) is 1.90. The van der Waals surface area contributed by atoms with Gasteiger partial charge in [-0.05, 0) is 48.4 Å². The van der Waals surface area contributed by atoms with Gasteiger partial charge in [-0.15, -0.1) is 0 Å². The van der Waals surface area contributed by atoms with Crippen molar-refractivity contribution in [3.8, 4) is 12.1 Å². The summed E-state index contributed by atoms with van der Waals surface area (Å²) in [6, 6.07) is 11.0. The van der Waals surface area contributed by atoms with Crippen molar-refractivity contribution in [2.75, 3.05) is 21.2 Å². The Bertz CT molecular complexity index is 670. The highest BCUT2D eigenvalue weighted by molar-refractivity contribution is 5.89. The Balaban J connectivity index is 2.87. The molecule has 0 amide bonds. The number of hydrogen-bond donors (Lipinski definition) is 0. The van der Waals surface area contributed by atoms with Crippen LogP contribution in [0.1, 0.15) is 22.3 Å². The highest BCUT2D eigenvalue weighted by atomic mass is 16.5. The van der Waals surface area contributed by atoms with Crippen LogP contribution in [-0.2, 0) is 11.2 Å². The summed E-state index contributed by atoms with van der Waals surface area (Å²) in [7, 11) is 5.09. The number of nitrogens with zero attached hydrogens (tertiary/aromatic N) is 3. The zero-order valence-electron chi connectivity index (χ0n) is 13.5. The molecule has 0 fully saturated rings. The number of rotatable bonds is 6. The molecule has 1 aromatic rings. The second-order valence-corrected chi connectivity index (χ2v) is 5.09. The van der Waals surface area contributed by atoms with Crippen LogP contribution in [0.15, 0.2) is 47.7 Å². The average molecular weight is 309 g/mol. The Hall–Kier alpha value is -3.05. The van der Waals surface area contributed by atoms with Crippen molar-refractivity contribution in [2.24, 2.45) is 0 Å². The number of carbonyl (C=O) groups excluding carboxylic acids is 1. The summed E-state index contributed by atoms with van der Waals surface area (Å²) < 4.78 is 4.66. The topological polar surface area (TPSA) is 77.1 Å². The van der Waals surface area contributed by atoms with Crippen LogP contribution in [0, 0.1) is 22.7 Å². The number of esters is 1. The molecule has 0 radical (unpaired) electrons. The number of methoxy groups -OCH3 is 1. The molecule has 0 atom stereocenters. The van der Waals surface area contributed by atoms with E-state index < -0.39 is 0 Å². The summed E-state index contributed by atoms with van der Waals surface area (Å²) >= 11 is 0. The van der Waals surface area contributed by atoms with E-state index in [1.807, 2.05) is 49.5 Å². The van der Waals surface area contributed by atoms with Gasteiger partial charge in [0, 0.05) is 14.1 Å². The lowest BCUT2D eigenvalue weighted by Crippen LogP contribution is -2.02. The second kappa shape index (κ2) is 9.07. The molecule has 23 heavy (non-hydrogen) atoms. The molecule has 0 bridgehead atoms. The number of allylic oxidation sites excluding steroid dienone is 3. The van der Waals surface area contributed by atoms with Crippen molar-refractivity contribution < 1.29 is 9.53 Å². The Morgan fingerprint density at radius 1 is 1.22 bits per heavy atom. The molecule has 5 nitrogen and oxygen atoms in total. The Labute approximate surface area is 136 Å². The van der Waals surface area contributed by atoms with Crippen molar-refractivity contribution in [3.63, 3.8) is 0 Å². The maximum absolute atomic E-state index is 11.4. The first-order valence-electron chi connectivity index (χ1n) is 7.07. The SMILES string of the molecule is COC(=O)c1ccc(CCC(/C=C/N(C)C)=C(C#N)C#N)cc1. The minimum atomic E-state index is -0.373. The van der Waals surface area contributed by atoms with E-state index in [-0.39, 0.29) is 11.5 Å². The Kier molecular flexibility index (Phi) is 7.10. The van der Waals surface area contributed by atoms with Crippen LogP contribution in [0.25, 0.3) is 0 Å². The fourth-order valence-electron chi connectivity index (χ4n) is 1.90. The number of benzene rings is 1. The first kappa shape index (κ1) is 18.0. The smallest absolute Gasteiger partial charge is 0.337 e. The number of hydrogen-bond acceptors (Lipinski definition) is 5. The molecule has 0 aliphatic carbocycles. The van der Waals surface area contributed by atoms with Crippen LogP contribution in [0.4, 0.5) is 0 Å². The Morgan fingerprint density at radius 3 is 2.30 bits per heavy atom. The minimum Gasteiger partial charge on any atom is -0.465 e. The molecule has 0 saturated carbocycles. The molecular formula is C18H19N3O2. The molecule has 1 aromatic carbocycles. The van der Waals surface area contributed by atoms with Crippen molar-refractivity contribution in [1.82, 2.24) is 4.90 Å². The lowest BCUT2D eigenvalue weighted by atomic mass is 10.00. The van der Waals surface area contributed by atoms with E-state index in [2.05, 4.69) is 4.74 Å². The first-order chi connectivity index (χ1) is 11.0. The molecule has 0 saturated heterocycles. The monoisotopic (exact) mass is 309 g/mol. The summed E-state index contributed by atoms with van der Waals surface area (Å²) in [6.45, 7) is 0. The van der Waals surface area contributed by atoms with Gasteiger partial charge in [-0.1, -0.05) is 12.1 Å². The van der Waals surface area contributed by atoms with E-state index in [0.717, 1.165) is 5.56 Å². The summed E-state index contributed by atoms with van der Waals surface area (Å²) in [6.07, 6.45) is 4.83. The highest BCUT2D eigenvalue weighted by Gasteiger charge is 2.07. The van der Waals surface area contributed by atoms with Gasteiger partial charge in [0.2, 0.25) is 0 Å². The van der Waals surface area contributed by atoms with E-state index >= 15 is 0 Å². The molecule has 0 aliphatic rings. The molecule has 0 aliphatic heterocycles. The molecule has 0 N–H and O–H groups in total. The van der Waals surface area contributed by atoms with Crippen molar-refractivity contribution in [1.29, 1.82) is 10.5 Å². The molecule has 1 rings (SSSR count). The third-order valence-corrected chi connectivity index (χ3v) is 3.18. The van der Waals surface area contributed by atoms with E-state index in [1.54, 1.807) is 18.2 Å². The number of ether oxygens (including phenoxy) is 1. The molecule has 5 heteroatoms. The quantitative estimate of drug-likeness (QED) is 0.459. The highest BCUT2D eigenvalue weighted by Crippen LogP contribution is 2.15. The van der Waals surface area contributed by atoms with Gasteiger partial charge in [0.25, 0.3) is 0 Å². The molecule has 0 aromatic heterocycles. The minimum absolute atomic E-state index is 0.120. The lowest BCUT2D eigenvalue weighted by molar-refractivity contribution is 0.0600. The molecule has 0 unspecified atom stereocenters. The second-order valence-electron chi connectivity index (χ2n) is 5.09. The van der Waals surface area contributed by atoms with Crippen LogP contribution >= 0.6 is 0 Å². The van der Waals surface area contributed by atoms with Gasteiger partial charge >= 0.3 is 5.97 Å². The van der Waals surface area contributed by atoms with Crippen LogP contribution < -0.4 is 0 Å². The lowest BCUT2D eigenvalue weighted by Gasteiger charge is -2.07. The van der Waals surface area contributed by atoms with Gasteiger partial charge < -0.3 is 9.64 Å². The maximum Gasteiger partial charge on any atom is 0.337 e. The van der Waals surface area contributed by atoms with Crippen molar-refractivity contribution >= 4 is 5.97 Å². The van der Waals surface area contributed by atoms with Gasteiger partial charge in [0.1, 0.15) is 17.7 Å².